The van der Waals surface area contributed by atoms with E-state index in [9.17, 15) is 15.0 Å². The second-order valence-electron chi connectivity index (χ2n) is 10.3. The second kappa shape index (κ2) is 11.6. The summed E-state index contributed by atoms with van der Waals surface area (Å²) in [5.74, 6) is 0.438. The van der Waals surface area contributed by atoms with Crippen LogP contribution in [-0.4, -0.2) is 22.3 Å². The third-order valence-corrected chi connectivity index (χ3v) is 7.12. The highest BCUT2D eigenvalue weighted by molar-refractivity contribution is 5.66. The molecule has 0 saturated heterocycles. The lowest BCUT2D eigenvalue weighted by atomic mass is 9.63. The van der Waals surface area contributed by atoms with Gasteiger partial charge in [0.15, 0.2) is 0 Å². The van der Waals surface area contributed by atoms with Gasteiger partial charge in [0.05, 0.1) is 0 Å². The van der Waals surface area contributed by atoms with Crippen molar-refractivity contribution >= 4 is 5.97 Å². The lowest BCUT2D eigenvalue weighted by molar-refractivity contribution is -0.156. The first-order chi connectivity index (χ1) is 15.4. The fraction of sp³-hybridized carbons (Fsp3) is 0.552. The number of esters is 1. The lowest BCUT2D eigenvalue weighted by Gasteiger charge is -2.45. The van der Waals surface area contributed by atoms with Gasteiger partial charge in [0.25, 0.3) is 0 Å². The molecular weight excluding hydrogens is 412 g/mol. The van der Waals surface area contributed by atoms with Gasteiger partial charge in [0.2, 0.25) is 0 Å². The van der Waals surface area contributed by atoms with E-state index in [2.05, 4.69) is 46.4 Å². The maximum atomic E-state index is 11.5. The number of ether oxygens (including phenoxy) is 1. The number of rotatable bonds is 9. The Balaban J connectivity index is 1.88. The molecule has 0 amide bonds. The largest absolute Gasteiger partial charge is 0.508 e. The molecule has 0 unspecified atom stereocenters. The molecule has 2 N–H and O–H groups in total. The molecule has 4 nitrogen and oxygen atoms in total. The van der Waals surface area contributed by atoms with Gasteiger partial charge in [0.1, 0.15) is 17.6 Å². The van der Waals surface area contributed by atoms with Crippen molar-refractivity contribution in [2.24, 2.45) is 11.3 Å². The first-order valence-corrected chi connectivity index (χ1v) is 12.1. The van der Waals surface area contributed by atoms with E-state index in [1.165, 1.54) is 23.6 Å². The summed E-state index contributed by atoms with van der Waals surface area (Å²) in [7, 11) is 0. The van der Waals surface area contributed by atoms with Crippen molar-refractivity contribution in [3.8, 4) is 11.5 Å². The van der Waals surface area contributed by atoms with Gasteiger partial charge in [-0.2, -0.15) is 0 Å². The molecule has 1 aliphatic rings. The van der Waals surface area contributed by atoms with Crippen LogP contribution in [0.4, 0.5) is 0 Å². The molecule has 0 heterocycles. The molecule has 1 saturated carbocycles. The van der Waals surface area contributed by atoms with Gasteiger partial charge in [-0.15, -0.1) is 0 Å². The van der Waals surface area contributed by atoms with Gasteiger partial charge < -0.3 is 14.9 Å². The molecule has 0 bridgehead atoms. The average Bonchev–Trinajstić information content (AvgIpc) is 2.69. The number of hydrogen-bond acceptors (Lipinski definition) is 4. The number of carbonyl (C=O) groups excluding carboxylic acids is 1. The zero-order chi connectivity index (χ0) is 24.8. The number of aromatic hydroxyl groups is 2. The Kier molecular flexibility index (Phi) is 9.39. The molecule has 182 valence electrons. The van der Waals surface area contributed by atoms with Crippen molar-refractivity contribution < 1.29 is 19.7 Å². The molecule has 4 heteroatoms. The number of phenols is 2. The van der Waals surface area contributed by atoms with Crippen LogP contribution < -0.4 is 0 Å². The normalized spacial score (nSPS) is 21.2. The van der Waals surface area contributed by atoms with Gasteiger partial charge in [0, 0.05) is 17.9 Å². The zero-order valence-corrected chi connectivity index (χ0v) is 21.3. The molecule has 2 rings (SSSR count). The number of carbonyl (C=O) groups is 1. The topological polar surface area (TPSA) is 66.8 Å². The number of benzene rings is 1. The van der Waals surface area contributed by atoms with Crippen LogP contribution in [0.25, 0.3) is 0 Å². The van der Waals surface area contributed by atoms with Crippen molar-refractivity contribution in [1.82, 2.24) is 0 Å². The summed E-state index contributed by atoms with van der Waals surface area (Å²) in [4.78, 5) is 11.5. The minimum absolute atomic E-state index is 0.0463. The number of hydrogen-bond donors (Lipinski definition) is 2. The van der Waals surface area contributed by atoms with Crippen molar-refractivity contribution in [2.75, 3.05) is 0 Å². The first kappa shape index (κ1) is 26.8. The number of allylic oxidation sites excluding steroid dienone is 5. The van der Waals surface area contributed by atoms with Crippen molar-refractivity contribution in [1.29, 1.82) is 0 Å². The molecule has 1 aromatic rings. The van der Waals surface area contributed by atoms with E-state index >= 15 is 0 Å². The quantitative estimate of drug-likeness (QED) is 0.303. The molecular formula is C29H42O4. The molecule has 1 fully saturated rings. The van der Waals surface area contributed by atoms with Crippen LogP contribution in [0.5, 0.6) is 11.5 Å². The summed E-state index contributed by atoms with van der Waals surface area (Å²) in [6.07, 6.45) is 10.6. The minimum atomic E-state index is -0.202. The molecule has 0 aliphatic heterocycles. The van der Waals surface area contributed by atoms with Crippen LogP contribution in [0.15, 0.2) is 47.6 Å². The van der Waals surface area contributed by atoms with Crippen LogP contribution in [0.1, 0.15) is 84.3 Å². The fourth-order valence-electron chi connectivity index (χ4n) is 4.99. The highest BCUT2D eigenvalue weighted by Gasteiger charge is 2.43. The molecule has 0 spiro atoms. The van der Waals surface area contributed by atoms with Crippen molar-refractivity contribution in [2.45, 2.75) is 92.6 Å². The van der Waals surface area contributed by atoms with Gasteiger partial charge in [-0.3, -0.25) is 4.79 Å². The smallest absolute Gasteiger partial charge is 0.302 e. The highest BCUT2D eigenvalue weighted by Crippen LogP contribution is 2.47. The Morgan fingerprint density at radius 3 is 2.33 bits per heavy atom. The maximum Gasteiger partial charge on any atom is 0.302 e. The van der Waals surface area contributed by atoms with Gasteiger partial charge in [-0.05, 0) is 89.3 Å². The summed E-state index contributed by atoms with van der Waals surface area (Å²) < 4.78 is 5.63. The Morgan fingerprint density at radius 2 is 1.73 bits per heavy atom. The summed E-state index contributed by atoms with van der Waals surface area (Å²) in [5, 5.41) is 20.2. The van der Waals surface area contributed by atoms with E-state index in [1.54, 1.807) is 12.1 Å². The van der Waals surface area contributed by atoms with Crippen LogP contribution in [0.3, 0.4) is 0 Å². The predicted octanol–water partition coefficient (Wildman–Crippen LogP) is 7.33. The summed E-state index contributed by atoms with van der Waals surface area (Å²) in [6, 6.07) is 3.36. The molecule has 33 heavy (non-hydrogen) atoms. The predicted molar refractivity (Wildman–Crippen MR) is 135 cm³/mol. The van der Waals surface area contributed by atoms with E-state index in [4.69, 9.17) is 4.74 Å². The van der Waals surface area contributed by atoms with Crippen LogP contribution in [0.2, 0.25) is 0 Å². The number of aryl methyl sites for hydroxylation is 1. The first-order valence-electron chi connectivity index (χ1n) is 12.1. The standard InChI is InChI=1S/C29H42O4/c1-19(11-14-24-26(31)17-21(3)18-27(24)32)9-8-10-20(2)12-15-25-22(4)13-16-28(29(25,6)7)33-23(5)30/h10-11,17-18,25,28,31-32H,4,8-9,12-16H2,1-3,5-7H3/b19-11+,20-10+/t25-,28+/m1/s1. The van der Waals surface area contributed by atoms with E-state index in [0.717, 1.165) is 44.1 Å². The third kappa shape index (κ3) is 7.52. The van der Waals surface area contributed by atoms with Crippen LogP contribution in [0, 0.1) is 18.3 Å². The lowest BCUT2D eigenvalue weighted by Crippen LogP contribution is -2.43. The summed E-state index contributed by atoms with van der Waals surface area (Å²) in [6.45, 7) is 16.3. The Labute approximate surface area is 200 Å². The second-order valence-corrected chi connectivity index (χ2v) is 10.3. The monoisotopic (exact) mass is 454 g/mol. The summed E-state index contributed by atoms with van der Waals surface area (Å²) in [5.41, 5.74) is 5.20. The number of phenolic OH excluding ortho intramolecular Hbond substituents is 2. The van der Waals surface area contributed by atoms with Crippen molar-refractivity contribution in [3.05, 3.63) is 58.7 Å². The van der Waals surface area contributed by atoms with E-state index in [0.29, 0.717) is 17.9 Å². The molecule has 2 atom stereocenters. The highest BCUT2D eigenvalue weighted by atomic mass is 16.5. The molecule has 0 aromatic heterocycles. The van der Waals surface area contributed by atoms with E-state index in [-0.39, 0.29) is 29.0 Å². The zero-order valence-electron chi connectivity index (χ0n) is 21.3. The third-order valence-electron chi connectivity index (χ3n) is 7.12. The maximum absolute atomic E-state index is 11.5. The van der Waals surface area contributed by atoms with E-state index in [1.807, 2.05) is 6.92 Å². The average molecular weight is 455 g/mol. The van der Waals surface area contributed by atoms with Gasteiger partial charge in [-0.25, -0.2) is 0 Å². The molecule has 1 aromatic carbocycles. The van der Waals surface area contributed by atoms with Crippen molar-refractivity contribution in [3.63, 3.8) is 0 Å². The Hall–Kier alpha value is -2.49. The minimum Gasteiger partial charge on any atom is -0.508 e. The van der Waals surface area contributed by atoms with E-state index < -0.39 is 0 Å². The van der Waals surface area contributed by atoms with Crippen LogP contribution >= 0.6 is 0 Å². The Bertz CT molecular complexity index is 897. The SMILES string of the molecule is C=C1CC[C@H](OC(C)=O)C(C)(C)[C@@H]1CC/C(C)=C/CC/C(C)=C/Cc1c(O)cc(C)cc1O. The molecule has 0 radical (unpaired) electrons. The molecule has 1 aliphatic carbocycles. The van der Waals surface area contributed by atoms with Gasteiger partial charge in [-0.1, -0.05) is 49.3 Å². The van der Waals surface area contributed by atoms with Crippen LogP contribution in [-0.2, 0) is 16.0 Å². The Morgan fingerprint density at radius 1 is 1.12 bits per heavy atom. The summed E-state index contributed by atoms with van der Waals surface area (Å²) >= 11 is 0. The fourth-order valence-corrected chi connectivity index (χ4v) is 4.99. The van der Waals surface area contributed by atoms with Gasteiger partial charge >= 0.3 is 5.97 Å².